The number of hydrogen-bond donors (Lipinski definition) is 0. The van der Waals surface area contributed by atoms with Gasteiger partial charge < -0.3 is 0 Å². The third-order valence-corrected chi connectivity index (χ3v) is 0.548. The Balaban J connectivity index is 3.07. The van der Waals surface area contributed by atoms with Gasteiger partial charge in [0.2, 0.25) is 0 Å². The molecule has 0 aliphatic carbocycles. The lowest BCUT2D eigenvalue weighted by Gasteiger charge is -1.59. The lowest BCUT2D eigenvalue weighted by atomic mass is 10.6. The van der Waals surface area contributed by atoms with E-state index in [1.807, 2.05) is 0 Å². The lowest BCUT2D eigenvalue weighted by Crippen LogP contribution is -1.34. The van der Waals surface area contributed by atoms with Crippen LogP contribution in [0.15, 0.2) is 23.2 Å². The maximum Gasteiger partial charge on any atom is 0.00427 e. The molecule has 0 aromatic carbocycles. The van der Waals surface area contributed by atoms with Crippen LogP contribution in [0.1, 0.15) is 0 Å². The van der Waals surface area contributed by atoms with Crippen LogP contribution in [0.4, 0.5) is 0 Å². The van der Waals surface area contributed by atoms with Crippen molar-refractivity contribution in [3.63, 3.8) is 0 Å². The molecule has 0 bridgehead atoms. The molecule has 0 aliphatic rings. The molecule has 0 rings (SSSR count). The maximum atomic E-state index is 5.09. The van der Waals surface area contributed by atoms with Crippen molar-refractivity contribution in [3.8, 4) is 0 Å². The van der Waals surface area contributed by atoms with E-state index in [1.165, 1.54) is 11.1 Å². The number of hydrogen-bond acceptors (Lipinski definition) is 0. The molecule has 34 valence electrons. The Morgan fingerprint density at radius 3 is 1.33 bits per heavy atom. The second-order valence-electron chi connectivity index (χ2n) is 0.637. The summed E-state index contributed by atoms with van der Waals surface area (Å²) in [7, 11) is 0. The van der Waals surface area contributed by atoms with Crippen LogP contribution in [-0.4, -0.2) is 0 Å². The zero-order valence-electron chi connectivity index (χ0n) is 3.07. The van der Waals surface area contributed by atoms with Gasteiger partial charge in [0.1, 0.15) is 0 Å². The SMILES string of the molecule is ClC=CC=CCl. The Labute approximate surface area is 47.1 Å². The minimum absolute atomic E-state index is 1.39. The molecule has 0 radical (unpaired) electrons. The van der Waals surface area contributed by atoms with Crippen molar-refractivity contribution in [1.29, 1.82) is 0 Å². The van der Waals surface area contributed by atoms with Crippen molar-refractivity contribution in [3.05, 3.63) is 23.2 Å². The van der Waals surface area contributed by atoms with Gasteiger partial charge in [-0.2, -0.15) is 0 Å². The van der Waals surface area contributed by atoms with Crippen LogP contribution in [0.2, 0.25) is 0 Å². The highest BCUT2D eigenvalue weighted by Crippen LogP contribution is 1.81. The zero-order valence-corrected chi connectivity index (χ0v) is 4.58. The third kappa shape index (κ3) is 4.06. The Bertz CT molecular complexity index is 53.9. The predicted octanol–water partition coefficient (Wildman–Crippen LogP) is 2.49. The van der Waals surface area contributed by atoms with Gasteiger partial charge >= 0.3 is 0 Å². The van der Waals surface area contributed by atoms with Crippen LogP contribution in [-0.2, 0) is 0 Å². The van der Waals surface area contributed by atoms with Gasteiger partial charge in [0.05, 0.1) is 0 Å². The monoisotopic (exact) mass is 122 g/mol. The van der Waals surface area contributed by atoms with Crippen molar-refractivity contribution in [2.75, 3.05) is 0 Å². The van der Waals surface area contributed by atoms with Gasteiger partial charge in [-0.25, -0.2) is 0 Å². The standard InChI is InChI=1S/C4H4Cl2/c5-3-1-2-4-6/h1-4H. The average molecular weight is 123 g/mol. The van der Waals surface area contributed by atoms with Crippen LogP contribution in [0.5, 0.6) is 0 Å². The first-order valence-electron chi connectivity index (χ1n) is 1.44. The fraction of sp³-hybridized carbons (Fsp3) is 0. The Morgan fingerprint density at radius 1 is 0.833 bits per heavy atom. The van der Waals surface area contributed by atoms with Crippen LogP contribution < -0.4 is 0 Å². The minimum atomic E-state index is 1.39. The van der Waals surface area contributed by atoms with Crippen LogP contribution in [0, 0.1) is 0 Å². The molecule has 0 aromatic heterocycles. The summed E-state index contributed by atoms with van der Waals surface area (Å²) in [6.07, 6.45) is 3.27. The van der Waals surface area contributed by atoms with E-state index in [9.17, 15) is 0 Å². The van der Waals surface area contributed by atoms with E-state index in [-0.39, 0.29) is 0 Å². The van der Waals surface area contributed by atoms with Crippen molar-refractivity contribution in [2.45, 2.75) is 0 Å². The largest absolute Gasteiger partial charge is 0.0930 e. The molecule has 0 saturated heterocycles. The molecule has 0 unspecified atom stereocenters. The summed E-state index contributed by atoms with van der Waals surface area (Å²) in [6.45, 7) is 0. The van der Waals surface area contributed by atoms with Gasteiger partial charge in [0, 0.05) is 11.1 Å². The molecule has 0 aliphatic heterocycles. The Kier molecular flexibility index (Phi) is 5.11. The first kappa shape index (κ1) is 6.06. The third-order valence-electron chi connectivity index (χ3n) is 0.257. The van der Waals surface area contributed by atoms with E-state index in [2.05, 4.69) is 0 Å². The van der Waals surface area contributed by atoms with Crippen molar-refractivity contribution >= 4 is 23.2 Å². The number of allylic oxidation sites excluding steroid dienone is 2. The summed E-state index contributed by atoms with van der Waals surface area (Å²) in [5.41, 5.74) is 2.78. The van der Waals surface area contributed by atoms with Crippen LogP contribution in [0.3, 0.4) is 0 Å². The highest BCUT2D eigenvalue weighted by molar-refractivity contribution is 6.26. The maximum absolute atomic E-state index is 5.09. The molecule has 0 N–H and O–H groups in total. The minimum Gasteiger partial charge on any atom is -0.0930 e. The highest BCUT2D eigenvalue weighted by Gasteiger charge is 1.52. The first-order valence-corrected chi connectivity index (χ1v) is 2.31. The van der Waals surface area contributed by atoms with Gasteiger partial charge in [-0.05, 0) is 0 Å². The molecule has 0 nitrogen and oxygen atoms in total. The zero-order chi connectivity index (χ0) is 4.83. The molecule has 2 heteroatoms. The second kappa shape index (κ2) is 5.06. The Morgan fingerprint density at radius 2 is 1.17 bits per heavy atom. The molecule has 0 amide bonds. The summed E-state index contributed by atoms with van der Waals surface area (Å²) < 4.78 is 0. The summed E-state index contributed by atoms with van der Waals surface area (Å²) in [6, 6.07) is 0. The van der Waals surface area contributed by atoms with E-state index in [0.29, 0.717) is 0 Å². The molecule has 0 atom stereocenters. The fourth-order valence-corrected chi connectivity index (χ4v) is 0.252. The number of rotatable bonds is 1. The van der Waals surface area contributed by atoms with Crippen LogP contribution in [0.25, 0.3) is 0 Å². The molecule has 0 saturated carbocycles. The van der Waals surface area contributed by atoms with Crippen molar-refractivity contribution in [1.82, 2.24) is 0 Å². The lowest BCUT2D eigenvalue weighted by molar-refractivity contribution is 2.08. The molecule has 6 heavy (non-hydrogen) atoms. The van der Waals surface area contributed by atoms with Crippen molar-refractivity contribution < 1.29 is 0 Å². The van der Waals surface area contributed by atoms with E-state index in [1.54, 1.807) is 12.2 Å². The van der Waals surface area contributed by atoms with E-state index in [4.69, 9.17) is 23.2 Å². The molecule has 0 fully saturated rings. The Hall–Kier alpha value is 0.0600. The summed E-state index contributed by atoms with van der Waals surface area (Å²) in [5.74, 6) is 0. The molecule has 0 heterocycles. The topological polar surface area (TPSA) is 0 Å². The smallest absolute Gasteiger partial charge is 0.00427 e. The average Bonchev–Trinajstić information content (AvgIpc) is 1.61. The van der Waals surface area contributed by atoms with Gasteiger partial charge in [-0.3, -0.25) is 0 Å². The highest BCUT2D eigenvalue weighted by atomic mass is 35.5. The first-order chi connectivity index (χ1) is 2.91. The second-order valence-corrected chi connectivity index (χ2v) is 1.14. The number of halogens is 2. The van der Waals surface area contributed by atoms with Crippen molar-refractivity contribution in [2.24, 2.45) is 0 Å². The molecule has 0 aromatic rings. The summed E-state index contributed by atoms with van der Waals surface area (Å²) >= 11 is 10.2. The molecular formula is C4H4Cl2. The molecular weight excluding hydrogens is 119 g/mol. The van der Waals surface area contributed by atoms with Gasteiger partial charge in [-0.15, -0.1) is 0 Å². The quantitative estimate of drug-likeness (QED) is 0.470. The van der Waals surface area contributed by atoms with Gasteiger partial charge in [0.15, 0.2) is 0 Å². The summed E-state index contributed by atoms with van der Waals surface area (Å²) in [5, 5.41) is 0. The van der Waals surface area contributed by atoms with E-state index in [0.717, 1.165) is 0 Å². The molecule has 0 spiro atoms. The van der Waals surface area contributed by atoms with Gasteiger partial charge in [0.25, 0.3) is 0 Å². The van der Waals surface area contributed by atoms with E-state index >= 15 is 0 Å². The van der Waals surface area contributed by atoms with Crippen LogP contribution >= 0.6 is 23.2 Å². The van der Waals surface area contributed by atoms with Gasteiger partial charge in [-0.1, -0.05) is 35.4 Å². The summed E-state index contributed by atoms with van der Waals surface area (Å²) in [4.78, 5) is 0. The van der Waals surface area contributed by atoms with E-state index < -0.39 is 0 Å². The fourth-order valence-electron chi connectivity index (χ4n) is 0.0840. The predicted molar refractivity (Wildman–Crippen MR) is 30.0 cm³/mol. The normalized spacial score (nSPS) is 11.7.